The van der Waals surface area contributed by atoms with Gasteiger partial charge in [-0.25, -0.2) is 4.79 Å². The molecule has 0 heterocycles. The molecule has 3 rings (SSSR count). The van der Waals surface area contributed by atoms with Crippen molar-refractivity contribution in [3.63, 3.8) is 0 Å². The van der Waals surface area contributed by atoms with Gasteiger partial charge in [0.2, 0.25) is 0 Å². The molecule has 0 aromatic heterocycles. The summed E-state index contributed by atoms with van der Waals surface area (Å²) in [5, 5.41) is 11.8. The van der Waals surface area contributed by atoms with Gasteiger partial charge in [0.1, 0.15) is 5.75 Å². The number of amides is 1. The maximum absolute atomic E-state index is 11.1. The molecule has 2 N–H and O–H groups in total. The number of benzene rings is 2. The summed E-state index contributed by atoms with van der Waals surface area (Å²) in [6, 6.07) is 16.1. The third-order valence-electron chi connectivity index (χ3n) is 4.29. The molecule has 0 spiro atoms. The largest absolute Gasteiger partial charge is 0.497 e. The van der Waals surface area contributed by atoms with Crippen molar-refractivity contribution >= 4 is 6.09 Å². The van der Waals surface area contributed by atoms with Crippen LogP contribution in [0.3, 0.4) is 0 Å². The highest BCUT2D eigenvalue weighted by molar-refractivity contribution is 5.65. The topological polar surface area (TPSA) is 58.6 Å². The molecular weight excluding hydrogens is 278 g/mol. The van der Waals surface area contributed by atoms with Gasteiger partial charge in [0.15, 0.2) is 0 Å². The van der Waals surface area contributed by atoms with Gasteiger partial charge in [-0.1, -0.05) is 36.4 Å². The van der Waals surface area contributed by atoms with Crippen LogP contribution in [0.1, 0.15) is 22.6 Å². The molecule has 0 saturated heterocycles. The van der Waals surface area contributed by atoms with Crippen LogP contribution in [0.4, 0.5) is 4.79 Å². The van der Waals surface area contributed by atoms with Crippen molar-refractivity contribution in [1.29, 1.82) is 0 Å². The van der Waals surface area contributed by atoms with Gasteiger partial charge in [-0.05, 0) is 41.7 Å². The molecule has 0 aliphatic heterocycles. The predicted molar refractivity (Wildman–Crippen MR) is 84.5 cm³/mol. The summed E-state index contributed by atoms with van der Waals surface area (Å²) >= 11 is 0. The highest BCUT2D eigenvalue weighted by Crippen LogP contribution is 2.38. The molecule has 4 nitrogen and oxygen atoms in total. The molecule has 0 radical (unpaired) electrons. The second-order valence-corrected chi connectivity index (χ2v) is 5.62. The molecule has 1 aliphatic carbocycles. The van der Waals surface area contributed by atoms with Crippen molar-refractivity contribution in [2.45, 2.75) is 24.8 Å². The lowest BCUT2D eigenvalue weighted by Gasteiger charge is -2.21. The summed E-state index contributed by atoms with van der Waals surface area (Å²) in [6.45, 7) is 0. The van der Waals surface area contributed by atoms with Crippen molar-refractivity contribution < 1.29 is 14.6 Å². The lowest BCUT2D eigenvalue weighted by atomic mass is 9.91. The number of rotatable bonds is 4. The molecule has 114 valence electrons. The van der Waals surface area contributed by atoms with Crippen molar-refractivity contribution in [2.75, 3.05) is 7.11 Å². The average Bonchev–Trinajstić information content (AvgIpc) is 2.84. The highest BCUT2D eigenvalue weighted by atomic mass is 16.5. The Morgan fingerprint density at radius 1 is 1.27 bits per heavy atom. The van der Waals surface area contributed by atoms with Gasteiger partial charge < -0.3 is 15.2 Å². The van der Waals surface area contributed by atoms with Crippen LogP contribution in [0.2, 0.25) is 0 Å². The number of hydrogen-bond acceptors (Lipinski definition) is 2. The van der Waals surface area contributed by atoms with E-state index >= 15 is 0 Å². The Morgan fingerprint density at radius 3 is 2.73 bits per heavy atom. The van der Waals surface area contributed by atoms with Crippen LogP contribution < -0.4 is 10.1 Å². The van der Waals surface area contributed by atoms with Crippen molar-refractivity contribution in [3.8, 4) is 5.75 Å². The fraction of sp³-hybridized carbons (Fsp3) is 0.278. The summed E-state index contributed by atoms with van der Waals surface area (Å²) in [5.74, 6) is 0.941. The molecule has 0 saturated carbocycles. The number of carboxylic acid groups (broad SMARTS) is 1. The molecule has 4 heteroatoms. The molecule has 1 amide bonds. The van der Waals surface area contributed by atoms with Gasteiger partial charge in [-0.2, -0.15) is 0 Å². The Morgan fingerprint density at radius 2 is 2.05 bits per heavy atom. The Hall–Kier alpha value is -2.49. The van der Waals surface area contributed by atoms with Crippen LogP contribution in [0.15, 0.2) is 48.5 Å². The van der Waals surface area contributed by atoms with Gasteiger partial charge in [0, 0.05) is 12.0 Å². The maximum Gasteiger partial charge on any atom is 0.404 e. The molecule has 2 aromatic carbocycles. The summed E-state index contributed by atoms with van der Waals surface area (Å²) in [7, 11) is 1.65. The number of carbonyl (C=O) groups is 1. The minimum atomic E-state index is -0.970. The second-order valence-electron chi connectivity index (χ2n) is 5.62. The number of ether oxygens (including phenoxy) is 1. The first kappa shape index (κ1) is 14.4. The molecule has 0 bridgehead atoms. The minimum absolute atomic E-state index is 0.0974. The zero-order chi connectivity index (χ0) is 15.5. The molecule has 2 aromatic rings. The normalized spacial score (nSPS) is 19.5. The number of hydrogen-bond donors (Lipinski definition) is 2. The zero-order valence-electron chi connectivity index (χ0n) is 12.5. The van der Waals surface area contributed by atoms with E-state index in [0.29, 0.717) is 0 Å². The second kappa shape index (κ2) is 6.10. The number of nitrogens with one attached hydrogen (secondary N) is 1. The molecule has 2 unspecified atom stereocenters. The maximum atomic E-state index is 11.1. The van der Waals surface area contributed by atoms with Gasteiger partial charge >= 0.3 is 6.09 Å². The van der Waals surface area contributed by atoms with E-state index in [1.165, 1.54) is 16.7 Å². The first-order chi connectivity index (χ1) is 10.7. The minimum Gasteiger partial charge on any atom is -0.497 e. The SMILES string of the molecule is COc1ccc2c(c1)C(Cc1ccccc1)C(NC(=O)O)C2. The van der Waals surface area contributed by atoms with E-state index in [1.54, 1.807) is 7.11 Å². The standard InChI is InChI=1S/C18H19NO3/c1-22-14-8-7-13-10-17(19-18(20)21)16(15(13)11-14)9-12-5-3-2-4-6-12/h2-8,11,16-17,19H,9-10H2,1H3,(H,20,21). The van der Waals surface area contributed by atoms with E-state index in [2.05, 4.69) is 17.4 Å². The van der Waals surface area contributed by atoms with Crippen LogP contribution in [0.5, 0.6) is 5.75 Å². The van der Waals surface area contributed by atoms with Gasteiger partial charge in [0.05, 0.1) is 7.11 Å². The van der Waals surface area contributed by atoms with Gasteiger partial charge in [-0.3, -0.25) is 0 Å². The first-order valence-corrected chi connectivity index (χ1v) is 7.37. The van der Waals surface area contributed by atoms with Crippen molar-refractivity contribution in [1.82, 2.24) is 5.32 Å². The third-order valence-corrected chi connectivity index (χ3v) is 4.29. The number of methoxy groups -OCH3 is 1. The summed E-state index contributed by atoms with van der Waals surface area (Å²) in [6.07, 6.45) is 0.567. The molecule has 1 aliphatic rings. The molecular formula is C18H19NO3. The smallest absolute Gasteiger partial charge is 0.404 e. The molecule has 22 heavy (non-hydrogen) atoms. The quantitative estimate of drug-likeness (QED) is 0.911. The number of fused-ring (bicyclic) bond motifs is 1. The van der Waals surface area contributed by atoms with E-state index in [4.69, 9.17) is 9.84 Å². The van der Waals surface area contributed by atoms with Crippen LogP contribution in [0.25, 0.3) is 0 Å². The lowest BCUT2D eigenvalue weighted by molar-refractivity contribution is 0.188. The summed E-state index contributed by atoms with van der Waals surface area (Å²) in [5.41, 5.74) is 3.59. The fourth-order valence-electron chi connectivity index (χ4n) is 3.26. The summed E-state index contributed by atoms with van der Waals surface area (Å²) < 4.78 is 5.32. The van der Waals surface area contributed by atoms with Crippen molar-refractivity contribution in [3.05, 3.63) is 65.2 Å². The third kappa shape index (κ3) is 2.91. The average molecular weight is 297 g/mol. The Balaban J connectivity index is 1.93. The molecule has 0 fully saturated rings. The lowest BCUT2D eigenvalue weighted by Crippen LogP contribution is -2.37. The predicted octanol–water partition coefficient (Wildman–Crippen LogP) is 3.21. The van der Waals surface area contributed by atoms with E-state index in [9.17, 15) is 4.79 Å². The fourth-order valence-corrected chi connectivity index (χ4v) is 3.26. The van der Waals surface area contributed by atoms with Gasteiger partial charge in [-0.15, -0.1) is 0 Å². The highest BCUT2D eigenvalue weighted by Gasteiger charge is 2.33. The molecule has 2 atom stereocenters. The first-order valence-electron chi connectivity index (χ1n) is 7.37. The van der Waals surface area contributed by atoms with Crippen molar-refractivity contribution in [2.24, 2.45) is 0 Å². The Bertz CT molecular complexity index is 669. The van der Waals surface area contributed by atoms with Gasteiger partial charge in [0.25, 0.3) is 0 Å². The van der Waals surface area contributed by atoms with Crippen LogP contribution in [-0.2, 0) is 12.8 Å². The zero-order valence-corrected chi connectivity index (χ0v) is 12.5. The monoisotopic (exact) mass is 297 g/mol. The summed E-state index contributed by atoms with van der Waals surface area (Å²) in [4.78, 5) is 11.1. The van der Waals surface area contributed by atoms with Crippen LogP contribution >= 0.6 is 0 Å². The van der Waals surface area contributed by atoms with E-state index < -0.39 is 6.09 Å². The van der Waals surface area contributed by atoms with E-state index in [-0.39, 0.29) is 12.0 Å². The van der Waals surface area contributed by atoms with E-state index in [1.807, 2.05) is 36.4 Å². The van der Waals surface area contributed by atoms with Crippen LogP contribution in [-0.4, -0.2) is 24.4 Å². The Kier molecular flexibility index (Phi) is 4.00. The van der Waals surface area contributed by atoms with E-state index in [0.717, 1.165) is 18.6 Å². The van der Waals surface area contributed by atoms with Crippen LogP contribution in [0, 0.1) is 0 Å². The Labute approximate surface area is 129 Å².